The van der Waals surface area contributed by atoms with E-state index in [0.717, 1.165) is 4.90 Å². The van der Waals surface area contributed by atoms with Crippen LogP contribution in [0.4, 0.5) is 10.5 Å². The minimum Gasteiger partial charge on any atom is -0.478 e. The zero-order chi connectivity index (χ0) is 24.4. The number of imide groups is 1. The van der Waals surface area contributed by atoms with E-state index in [1.165, 1.54) is 18.2 Å². The van der Waals surface area contributed by atoms with Crippen molar-refractivity contribution in [3.8, 4) is 11.3 Å². The van der Waals surface area contributed by atoms with E-state index in [1.54, 1.807) is 42.5 Å². The van der Waals surface area contributed by atoms with Gasteiger partial charge in [-0.1, -0.05) is 29.8 Å². The Morgan fingerprint density at radius 3 is 2.65 bits per heavy atom. The molecule has 0 spiro atoms. The molecule has 2 aromatic carbocycles. The summed E-state index contributed by atoms with van der Waals surface area (Å²) in [6, 6.07) is 14.3. The molecule has 2 N–H and O–H groups in total. The van der Waals surface area contributed by atoms with Gasteiger partial charge in [0.15, 0.2) is 0 Å². The van der Waals surface area contributed by atoms with Gasteiger partial charge >= 0.3 is 5.97 Å². The molecule has 2 heterocycles. The van der Waals surface area contributed by atoms with Gasteiger partial charge in [0, 0.05) is 21.8 Å². The van der Waals surface area contributed by atoms with Gasteiger partial charge in [0.25, 0.3) is 11.1 Å². The van der Waals surface area contributed by atoms with Gasteiger partial charge in [-0.05, 0) is 64.1 Å². The number of halogens is 2. The Hall–Kier alpha value is -3.34. The number of carbonyl (C=O) groups excluding carboxylic acids is 3. The van der Waals surface area contributed by atoms with Crippen molar-refractivity contribution in [1.82, 2.24) is 4.90 Å². The molecular formula is C23H14BrClN2O6S. The quantitative estimate of drug-likeness (QED) is 0.369. The minimum atomic E-state index is -1.10. The zero-order valence-electron chi connectivity index (χ0n) is 17.1. The zero-order valence-corrected chi connectivity index (χ0v) is 20.2. The van der Waals surface area contributed by atoms with Crippen LogP contribution in [0.5, 0.6) is 0 Å². The van der Waals surface area contributed by atoms with Crippen LogP contribution in [-0.4, -0.2) is 39.6 Å². The van der Waals surface area contributed by atoms with Crippen molar-refractivity contribution in [2.24, 2.45) is 0 Å². The SMILES string of the molecule is O=C(CN1C(=O)S/C(=C\c2ccc(-c3ccccc3C(=O)O)o2)C1=O)Nc1ccc(Br)c(Cl)c1. The molecule has 0 saturated carbocycles. The Labute approximate surface area is 210 Å². The number of nitrogens with zero attached hydrogens (tertiary/aromatic N) is 1. The molecule has 1 aliphatic rings. The summed E-state index contributed by atoms with van der Waals surface area (Å²) >= 11 is 9.94. The van der Waals surface area contributed by atoms with Gasteiger partial charge < -0.3 is 14.8 Å². The topological polar surface area (TPSA) is 117 Å². The monoisotopic (exact) mass is 560 g/mol. The van der Waals surface area contributed by atoms with Crippen LogP contribution in [0.2, 0.25) is 5.02 Å². The number of rotatable bonds is 6. The van der Waals surface area contributed by atoms with E-state index in [0.29, 0.717) is 38.3 Å². The van der Waals surface area contributed by atoms with Gasteiger partial charge in [-0.3, -0.25) is 19.3 Å². The first-order chi connectivity index (χ1) is 16.2. The first-order valence-corrected chi connectivity index (χ1v) is 11.6. The van der Waals surface area contributed by atoms with Crippen molar-refractivity contribution in [3.05, 3.63) is 80.3 Å². The second-order valence-electron chi connectivity index (χ2n) is 7.00. The van der Waals surface area contributed by atoms with Crippen LogP contribution >= 0.6 is 39.3 Å². The lowest BCUT2D eigenvalue weighted by Gasteiger charge is -2.12. The summed E-state index contributed by atoms with van der Waals surface area (Å²) in [5.41, 5.74) is 0.875. The fraction of sp³-hybridized carbons (Fsp3) is 0.0435. The Balaban J connectivity index is 1.48. The first kappa shape index (κ1) is 23.8. The Bertz CT molecular complexity index is 1370. The van der Waals surface area contributed by atoms with Crippen molar-refractivity contribution in [1.29, 1.82) is 0 Å². The Morgan fingerprint density at radius 1 is 1.15 bits per heavy atom. The summed E-state index contributed by atoms with van der Waals surface area (Å²) < 4.78 is 6.35. The molecule has 0 aliphatic carbocycles. The summed E-state index contributed by atoms with van der Waals surface area (Å²) in [4.78, 5) is 49.8. The van der Waals surface area contributed by atoms with Gasteiger partial charge in [0.1, 0.15) is 18.1 Å². The van der Waals surface area contributed by atoms with Gasteiger partial charge in [-0.25, -0.2) is 4.79 Å². The number of hydrogen-bond acceptors (Lipinski definition) is 6. The fourth-order valence-corrected chi connectivity index (χ4v) is 4.39. The number of amides is 3. The average molecular weight is 562 g/mol. The maximum Gasteiger partial charge on any atom is 0.336 e. The van der Waals surface area contributed by atoms with Crippen molar-refractivity contribution in [2.75, 3.05) is 11.9 Å². The van der Waals surface area contributed by atoms with Crippen LogP contribution in [0, 0.1) is 0 Å². The number of aromatic carboxylic acids is 1. The minimum absolute atomic E-state index is 0.0711. The predicted octanol–water partition coefficient (Wildman–Crippen LogP) is 5.74. The van der Waals surface area contributed by atoms with Crippen LogP contribution in [0.1, 0.15) is 16.1 Å². The number of nitrogens with one attached hydrogen (secondary N) is 1. The van der Waals surface area contributed by atoms with Gasteiger partial charge in [-0.15, -0.1) is 0 Å². The molecule has 0 radical (unpaired) electrons. The number of anilines is 1. The molecule has 8 nitrogen and oxygen atoms in total. The summed E-state index contributed by atoms with van der Waals surface area (Å²) in [5, 5.41) is 11.8. The van der Waals surface area contributed by atoms with Crippen molar-refractivity contribution < 1.29 is 28.7 Å². The van der Waals surface area contributed by atoms with Crippen molar-refractivity contribution in [2.45, 2.75) is 0 Å². The van der Waals surface area contributed by atoms with Crippen LogP contribution in [0.3, 0.4) is 0 Å². The number of carbonyl (C=O) groups is 4. The number of thioether (sulfide) groups is 1. The Morgan fingerprint density at radius 2 is 1.91 bits per heavy atom. The number of furan rings is 1. The van der Waals surface area contributed by atoms with Crippen molar-refractivity contribution in [3.63, 3.8) is 0 Å². The molecule has 4 rings (SSSR count). The van der Waals surface area contributed by atoms with Gasteiger partial charge in [-0.2, -0.15) is 0 Å². The first-order valence-electron chi connectivity index (χ1n) is 9.65. The highest BCUT2D eigenvalue weighted by atomic mass is 79.9. The third kappa shape index (κ3) is 5.09. The summed E-state index contributed by atoms with van der Waals surface area (Å²) in [5.74, 6) is -1.74. The molecule has 3 aromatic rings. The molecule has 1 aromatic heterocycles. The lowest BCUT2D eigenvalue weighted by Crippen LogP contribution is -2.36. The molecule has 172 valence electrons. The van der Waals surface area contributed by atoms with Gasteiger partial charge in [0.2, 0.25) is 5.91 Å². The predicted molar refractivity (Wildman–Crippen MR) is 132 cm³/mol. The van der Waals surface area contributed by atoms with E-state index in [1.807, 2.05) is 0 Å². The molecule has 1 fully saturated rings. The van der Waals surface area contributed by atoms with E-state index in [4.69, 9.17) is 16.0 Å². The maximum absolute atomic E-state index is 12.7. The highest BCUT2D eigenvalue weighted by Gasteiger charge is 2.36. The second kappa shape index (κ2) is 9.88. The summed E-state index contributed by atoms with van der Waals surface area (Å²) in [6.45, 7) is -0.467. The van der Waals surface area contributed by atoms with E-state index in [2.05, 4.69) is 21.2 Å². The highest BCUT2D eigenvalue weighted by molar-refractivity contribution is 9.10. The van der Waals surface area contributed by atoms with Gasteiger partial charge in [0.05, 0.1) is 15.5 Å². The largest absolute Gasteiger partial charge is 0.478 e. The smallest absolute Gasteiger partial charge is 0.336 e. The highest BCUT2D eigenvalue weighted by Crippen LogP contribution is 2.34. The molecular weight excluding hydrogens is 548 g/mol. The molecule has 1 saturated heterocycles. The summed E-state index contributed by atoms with van der Waals surface area (Å²) in [7, 11) is 0. The number of carboxylic acid groups (broad SMARTS) is 1. The molecule has 11 heteroatoms. The van der Waals surface area contributed by atoms with Crippen LogP contribution < -0.4 is 5.32 Å². The molecule has 0 unspecified atom stereocenters. The fourth-order valence-electron chi connectivity index (χ4n) is 3.14. The lowest BCUT2D eigenvalue weighted by atomic mass is 10.1. The number of benzene rings is 2. The van der Waals surface area contributed by atoms with Crippen LogP contribution in [0.15, 0.2) is 68.4 Å². The van der Waals surface area contributed by atoms with E-state index in [9.17, 15) is 24.3 Å². The number of carboxylic acids is 1. The van der Waals surface area contributed by atoms with E-state index >= 15 is 0 Å². The van der Waals surface area contributed by atoms with E-state index < -0.39 is 29.6 Å². The van der Waals surface area contributed by atoms with Crippen LogP contribution in [-0.2, 0) is 9.59 Å². The molecule has 1 aliphatic heterocycles. The maximum atomic E-state index is 12.7. The standard InChI is InChI=1S/C23H14BrClN2O6S/c24-16-7-5-12(9-17(16)25)26-20(28)11-27-21(29)19(34-23(27)32)10-13-6-8-18(33-13)14-3-1-2-4-15(14)22(30)31/h1-10H,11H2,(H,26,28)(H,30,31)/b19-10-. The normalized spacial score (nSPS) is 14.6. The molecule has 3 amide bonds. The van der Waals surface area contributed by atoms with Crippen molar-refractivity contribution >= 4 is 74.1 Å². The summed E-state index contributed by atoms with van der Waals surface area (Å²) in [6.07, 6.45) is 1.38. The lowest BCUT2D eigenvalue weighted by molar-refractivity contribution is -0.127. The molecule has 34 heavy (non-hydrogen) atoms. The van der Waals surface area contributed by atoms with Crippen LogP contribution in [0.25, 0.3) is 17.4 Å². The number of hydrogen-bond donors (Lipinski definition) is 2. The molecule has 0 atom stereocenters. The third-order valence-electron chi connectivity index (χ3n) is 4.70. The molecule has 0 bridgehead atoms. The Kier molecular flexibility index (Phi) is 6.92. The second-order valence-corrected chi connectivity index (χ2v) is 9.25. The average Bonchev–Trinajstić information content (AvgIpc) is 3.36. The van der Waals surface area contributed by atoms with E-state index in [-0.39, 0.29) is 16.2 Å². The third-order valence-corrected chi connectivity index (χ3v) is 6.84.